The zero-order chi connectivity index (χ0) is 12.1. The minimum atomic E-state index is -4.19. The van der Waals surface area contributed by atoms with E-state index >= 15 is 0 Å². The van der Waals surface area contributed by atoms with Gasteiger partial charge in [-0.3, -0.25) is 9.35 Å². The van der Waals surface area contributed by atoms with Crippen molar-refractivity contribution >= 4 is 31.5 Å². The number of hydrogen-bond acceptors (Lipinski definition) is 4. The molecule has 0 spiro atoms. The average molecular weight is 252 g/mol. The van der Waals surface area contributed by atoms with E-state index in [4.69, 9.17) is 18.7 Å². The fourth-order valence-corrected chi connectivity index (χ4v) is 0.718. The topological polar surface area (TPSA) is 97.5 Å². The molecule has 0 unspecified atom stereocenters. The summed E-state index contributed by atoms with van der Waals surface area (Å²) >= 11 is 0. The maximum absolute atomic E-state index is 10.7. The molecule has 0 aliphatic rings. The smallest absolute Gasteiger partial charge is 0.353 e. The molecular formula is C8H10ClNO4S. The Kier molecular flexibility index (Phi) is 5.27. The van der Waals surface area contributed by atoms with Crippen LogP contribution in [0.25, 0.3) is 0 Å². The lowest BCUT2D eigenvalue weighted by Gasteiger charge is -1.94. The van der Waals surface area contributed by atoms with Crippen molar-refractivity contribution < 1.29 is 17.8 Å². The highest BCUT2D eigenvalue weighted by atomic mass is 35.7. The minimum absolute atomic E-state index is 0.0694. The quantitative estimate of drug-likeness (QED) is 0.341. The van der Waals surface area contributed by atoms with Crippen molar-refractivity contribution in [2.24, 2.45) is 0 Å². The highest BCUT2D eigenvalue weighted by Crippen LogP contribution is 2.05. The van der Waals surface area contributed by atoms with Gasteiger partial charge in [0, 0.05) is 21.9 Å². The molecule has 84 valence electrons. The van der Waals surface area contributed by atoms with Gasteiger partial charge in [0.2, 0.25) is 0 Å². The first kappa shape index (κ1) is 13.9. The van der Waals surface area contributed by atoms with Crippen LogP contribution >= 0.6 is 10.7 Å². The zero-order valence-corrected chi connectivity index (χ0v) is 9.42. The molecule has 1 aromatic rings. The summed E-state index contributed by atoms with van der Waals surface area (Å²) in [4.78, 5) is 10.7. The summed E-state index contributed by atoms with van der Waals surface area (Å²) in [5, 5.41) is 0. The van der Waals surface area contributed by atoms with E-state index in [0.717, 1.165) is 0 Å². The van der Waals surface area contributed by atoms with Crippen molar-refractivity contribution in [3.05, 3.63) is 29.8 Å². The first-order chi connectivity index (χ1) is 6.70. The van der Waals surface area contributed by atoms with E-state index in [0.29, 0.717) is 11.3 Å². The molecule has 0 aliphatic heterocycles. The Hall–Kier alpha value is -1.11. The van der Waals surface area contributed by atoms with Gasteiger partial charge in [0.05, 0.1) is 0 Å². The molecule has 1 rings (SSSR count). The third-order valence-electron chi connectivity index (χ3n) is 1.32. The fourth-order valence-electron chi connectivity index (χ4n) is 0.718. The van der Waals surface area contributed by atoms with Crippen molar-refractivity contribution in [2.75, 3.05) is 5.73 Å². The Bertz CT molecular complexity index is 418. The molecule has 0 atom stereocenters. The molecule has 0 heterocycles. The Morgan fingerprint density at radius 2 is 1.67 bits per heavy atom. The first-order valence-corrected chi connectivity index (χ1v) is 6.00. The van der Waals surface area contributed by atoms with Gasteiger partial charge in [0.1, 0.15) is 0 Å². The number of Topliss-reactive ketones (excluding diaryl/α,β-unsaturated/α-hetero) is 1. The predicted octanol–water partition coefficient (Wildman–Crippen LogP) is 1.50. The summed E-state index contributed by atoms with van der Waals surface area (Å²) in [5.41, 5.74) is 6.80. The van der Waals surface area contributed by atoms with Gasteiger partial charge in [-0.1, -0.05) is 0 Å². The predicted molar refractivity (Wildman–Crippen MR) is 58.3 cm³/mol. The Balaban J connectivity index is 0.000000336. The molecule has 0 bridgehead atoms. The van der Waals surface area contributed by atoms with Crippen molar-refractivity contribution in [1.29, 1.82) is 0 Å². The third-order valence-corrected chi connectivity index (χ3v) is 1.32. The van der Waals surface area contributed by atoms with E-state index in [9.17, 15) is 4.79 Å². The van der Waals surface area contributed by atoms with Crippen molar-refractivity contribution in [3.63, 3.8) is 0 Å². The second-order valence-electron chi connectivity index (χ2n) is 2.59. The summed E-state index contributed by atoms with van der Waals surface area (Å²) in [7, 11) is -0.137. The summed E-state index contributed by atoms with van der Waals surface area (Å²) in [6, 6.07) is 6.88. The van der Waals surface area contributed by atoms with Crippen LogP contribution in [0.4, 0.5) is 5.69 Å². The van der Waals surface area contributed by atoms with E-state index < -0.39 is 9.33 Å². The lowest BCUT2D eigenvalue weighted by molar-refractivity contribution is 0.101. The highest BCUT2D eigenvalue weighted by molar-refractivity contribution is 8.09. The third kappa shape index (κ3) is 9.20. The molecule has 0 aromatic heterocycles. The standard InChI is InChI=1S/C8H9NO.ClHO3S/c1-6(10)7-2-4-8(9)5-3-7;1-5(2,3)4/h2-5H,9H2,1H3;(H,2,3,4). The molecule has 5 nitrogen and oxygen atoms in total. The molecule has 0 amide bonds. The van der Waals surface area contributed by atoms with E-state index in [2.05, 4.69) is 10.7 Å². The first-order valence-electron chi connectivity index (χ1n) is 3.73. The highest BCUT2D eigenvalue weighted by Gasteiger charge is 1.95. The van der Waals surface area contributed by atoms with Gasteiger partial charge in [0.25, 0.3) is 0 Å². The monoisotopic (exact) mass is 251 g/mol. The van der Waals surface area contributed by atoms with E-state index in [1.165, 1.54) is 6.92 Å². The minimum Gasteiger partial charge on any atom is -0.399 e. The summed E-state index contributed by atoms with van der Waals surface area (Å²) < 4.78 is 25.2. The maximum atomic E-state index is 10.7. The number of rotatable bonds is 1. The SMILES string of the molecule is CC(=O)c1ccc(N)cc1.O=S(=O)(O)Cl. The number of anilines is 1. The fraction of sp³-hybridized carbons (Fsp3) is 0.125. The van der Waals surface area contributed by atoms with E-state index in [1.54, 1.807) is 24.3 Å². The normalized spacial score (nSPS) is 10.1. The number of ketones is 1. The Labute approximate surface area is 92.1 Å². The van der Waals surface area contributed by atoms with E-state index in [1.807, 2.05) is 0 Å². The molecule has 0 aliphatic carbocycles. The van der Waals surface area contributed by atoms with Crippen molar-refractivity contribution in [3.8, 4) is 0 Å². The van der Waals surface area contributed by atoms with Crippen LogP contribution in [0, 0.1) is 0 Å². The van der Waals surface area contributed by atoms with Gasteiger partial charge in [0.15, 0.2) is 5.78 Å². The number of nitrogens with two attached hydrogens (primary N) is 1. The zero-order valence-electron chi connectivity index (χ0n) is 7.84. The van der Waals surface area contributed by atoms with Crippen LogP contribution in [-0.4, -0.2) is 18.8 Å². The van der Waals surface area contributed by atoms with Crippen molar-refractivity contribution in [1.82, 2.24) is 0 Å². The van der Waals surface area contributed by atoms with Crippen LogP contribution in [-0.2, 0) is 9.33 Å². The number of nitrogen functional groups attached to an aromatic ring is 1. The molecule has 7 heteroatoms. The molecule has 0 saturated carbocycles. The van der Waals surface area contributed by atoms with Gasteiger partial charge in [-0.15, -0.1) is 0 Å². The number of benzene rings is 1. The van der Waals surface area contributed by atoms with Gasteiger partial charge in [-0.25, -0.2) is 0 Å². The van der Waals surface area contributed by atoms with Gasteiger partial charge < -0.3 is 5.73 Å². The van der Waals surface area contributed by atoms with Crippen LogP contribution in [0.3, 0.4) is 0 Å². The summed E-state index contributed by atoms with van der Waals surface area (Å²) in [6.45, 7) is 1.53. The molecule has 0 radical (unpaired) electrons. The number of carbonyl (C=O) groups is 1. The molecule has 3 N–H and O–H groups in total. The number of carbonyl (C=O) groups excluding carboxylic acids is 1. The van der Waals surface area contributed by atoms with Gasteiger partial charge >= 0.3 is 9.33 Å². The Morgan fingerprint density at radius 3 is 1.93 bits per heavy atom. The molecular weight excluding hydrogens is 242 g/mol. The largest absolute Gasteiger partial charge is 0.399 e. The lowest BCUT2D eigenvalue weighted by Crippen LogP contribution is -1.91. The van der Waals surface area contributed by atoms with Crippen LogP contribution in [0.1, 0.15) is 17.3 Å². The molecule has 0 fully saturated rings. The van der Waals surface area contributed by atoms with Gasteiger partial charge in [-0.05, 0) is 31.2 Å². The van der Waals surface area contributed by atoms with Crippen LogP contribution in [0.15, 0.2) is 24.3 Å². The van der Waals surface area contributed by atoms with Gasteiger partial charge in [-0.2, -0.15) is 8.42 Å². The van der Waals surface area contributed by atoms with Crippen LogP contribution in [0.5, 0.6) is 0 Å². The molecule has 15 heavy (non-hydrogen) atoms. The second-order valence-corrected chi connectivity index (χ2v) is 4.58. The van der Waals surface area contributed by atoms with Crippen molar-refractivity contribution in [2.45, 2.75) is 6.92 Å². The molecule has 0 saturated heterocycles. The summed E-state index contributed by atoms with van der Waals surface area (Å²) in [5.74, 6) is 0.0694. The Morgan fingerprint density at radius 1 is 1.33 bits per heavy atom. The maximum Gasteiger partial charge on any atom is 0.353 e. The number of halogens is 1. The summed E-state index contributed by atoms with van der Waals surface area (Å²) in [6.07, 6.45) is 0. The molecule has 1 aromatic carbocycles. The number of hydrogen-bond donors (Lipinski definition) is 2. The van der Waals surface area contributed by atoms with Crippen LogP contribution < -0.4 is 5.73 Å². The average Bonchev–Trinajstić information content (AvgIpc) is 2.01. The second kappa shape index (κ2) is 5.69. The van der Waals surface area contributed by atoms with E-state index in [-0.39, 0.29) is 5.78 Å². The van der Waals surface area contributed by atoms with Crippen LogP contribution in [0.2, 0.25) is 0 Å². The lowest BCUT2D eigenvalue weighted by atomic mass is 10.1.